The average Bonchev–Trinajstić information content (AvgIpc) is 3.00. The number of thioether (sulfide) groups is 1. The van der Waals surface area contributed by atoms with Gasteiger partial charge in [-0.2, -0.15) is 0 Å². The van der Waals surface area contributed by atoms with E-state index in [0.717, 1.165) is 33.5 Å². The van der Waals surface area contributed by atoms with E-state index in [4.69, 9.17) is 4.52 Å². The largest absolute Gasteiger partial charge is 0.360 e. The summed E-state index contributed by atoms with van der Waals surface area (Å²) in [6.07, 6.45) is 5.38. The Balaban J connectivity index is 1.80. The number of unbranched alkanes of at least 4 members (excludes halogenated alkanes) is 2. The molecular formula is C19H22N4OS. The number of benzene rings is 1. The molecule has 3 aromatic rings. The second kappa shape index (κ2) is 8.67. The molecule has 0 unspecified atom stereocenters. The van der Waals surface area contributed by atoms with E-state index >= 15 is 0 Å². The Kier molecular flexibility index (Phi) is 6.06. The van der Waals surface area contributed by atoms with Crippen molar-refractivity contribution in [2.45, 2.75) is 38.1 Å². The summed E-state index contributed by atoms with van der Waals surface area (Å²) in [6, 6.07) is 11.8. The van der Waals surface area contributed by atoms with Crippen LogP contribution in [0.15, 0.2) is 52.1 Å². The average molecular weight is 354 g/mol. The minimum Gasteiger partial charge on any atom is -0.360 e. The van der Waals surface area contributed by atoms with Gasteiger partial charge >= 0.3 is 0 Å². The second-order valence-corrected chi connectivity index (χ2v) is 6.81. The molecule has 130 valence electrons. The maximum Gasteiger partial charge on any atom is 0.227 e. The van der Waals surface area contributed by atoms with Crippen LogP contribution in [0.3, 0.4) is 0 Å². The molecule has 0 aliphatic carbocycles. The van der Waals surface area contributed by atoms with Crippen LogP contribution in [-0.4, -0.2) is 20.9 Å². The normalized spacial score (nSPS) is 10.8. The third-order valence-corrected chi connectivity index (χ3v) is 4.80. The van der Waals surface area contributed by atoms with Crippen LogP contribution in [0.1, 0.15) is 31.9 Å². The molecule has 0 aliphatic heterocycles. The number of hydrogen-bond acceptors (Lipinski definition) is 6. The number of aryl methyl sites for hydroxylation is 1. The van der Waals surface area contributed by atoms with Crippen molar-refractivity contribution in [3.8, 4) is 11.3 Å². The Morgan fingerprint density at radius 1 is 1.12 bits per heavy atom. The minimum atomic E-state index is 0.561. The summed E-state index contributed by atoms with van der Waals surface area (Å²) in [5.74, 6) is 2.38. The Bertz CT molecular complexity index is 804. The van der Waals surface area contributed by atoms with E-state index in [2.05, 4.69) is 27.4 Å². The SMILES string of the molecule is CCCCCSc1noc(C)c1-c1ccnc(Nc2ccccc2)n1. The molecule has 0 spiro atoms. The highest BCUT2D eigenvalue weighted by Crippen LogP contribution is 2.33. The number of hydrogen-bond donors (Lipinski definition) is 1. The van der Waals surface area contributed by atoms with Crippen molar-refractivity contribution in [1.29, 1.82) is 0 Å². The summed E-state index contributed by atoms with van der Waals surface area (Å²) in [4.78, 5) is 8.95. The number of nitrogens with zero attached hydrogens (tertiary/aromatic N) is 3. The van der Waals surface area contributed by atoms with Crippen LogP contribution in [0.2, 0.25) is 0 Å². The lowest BCUT2D eigenvalue weighted by atomic mass is 10.2. The van der Waals surface area contributed by atoms with Crippen molar-refractivity contribution in [2.75, 3.05) is 11.1 Å². The fourth-order valence-corrected chi connectivity index (χ4v) is 3.49. The minimum absolute atomic E-state index is 0.561. The molecule has 0 aliphatic rings. The lowest BCUT2D eigenvalue weighted by Gasteiger charge is -2.07. The molecule has 1 N–H and O–H groups in total. The number of para-hydroxylation sites is 1. The molecule has 6 heteroatoms. The van der Waals surface area contributed by atoms with E-state index in [-0.39, 0.29) is 0 Å². The smallest absolute Gasteiger partial charge is 0.227 e. The molecule has 0 bridgehead atoms. The van der Waals surface area contributed by atoms with E-state index in [9.17, 15) is 0 Å². The Morgan fingerprint density at radius 2 is 1.96 bits per heavy atom. The summed E-state index contributed by atoms with van der Waals surface area (Å²) in [7, 11) is 0. The van der Waals surface area contributed by atoms with Gasteiger partial charge in [-0.05, 0) is 37.3 Å². The van der Waals surface area contributed by atoms with Gasteiger partial charge in [0.25, 0.3) is 0 Å². The van der Waals surface area contributed by atoms with Crippen LogP contribution in [0.4, 0.5) is 11.6 Å². The molecule has 25 heavy (non-hydrogen) atoms. The molecule has 0 fully saturated rings. The van der Waals surface area contributed by atoms with Gasteiger partial charge < -0.3 is 9.84 Å². The predicted molar refractivity (Wildman–Crippen MR) is 102 cm³/mol. The lowest BCUT2D eigenvalue weighted by molar-refractivity contribution is 0.384. The number of nitrogens with one attached hydrogen (secondary N) is 1. The maximum absolute atomic E-state index is 5.41. The summed E-state index contributed by atoms with van der Waals surface area (Å²) < 4.78 is 5.41. The fraction of sp³-hybridized carbons (Fsp3) is 0.316. The first-order valence-corrected chi connectivity index (χ1v) is 9.51. The van der Waals surface area contributed by atoms with Crippen molar-refractivity contribution in [3.05, 3.63) is 48.4 Å². The molecule has 1 aromatic carbocycles. The summed E-state index contributed by atoms with van der Waals surface area (Å²) >= 11 is 1.73. The first kappa shape index (κ1) is 17.5. The molecule has 0 saturated heterocycles. The van der Waals surface area contributed by atoms with Crippen LogP contribution in [0.5, 0.6) is 0 Å². The highest BCUT2D eigenvalue weighted by molar-refractivity contribution is 7.99. The highest BCUT2D eigenvalue weighted by atomic mass is 32.2. The van der Waals surface area contributed by atoms with Crippen molar-refractivity contribution >= 4 is 23.4 Å². The summed E-state index contributed by atoms with van der Waals surface area (Å²) in [5, 5.41) is 8.34. The van der Waals surface area contributed by atoms with E-state index in [1.54, 1.807) is 18.0 Å². The molecule has 3 rings (SSSR count). The van der Waals surface area contributed by atoms with Crippen LogP contribution in [0.25, 0.3) is 11.3 Å². The quantitative estimate of drug-likeness (QED) is 0.428. The van der Waals surface area contributed by atoms with Crippen LogP contribution in [0, 0.1) is 6.92 Å². The molecule has 0 saturated carbocycles. The second-order valence-electron chi connectivity index (χ2n) is 5.73. The fourth-order valence-electron chi connectivity index (χ4n) is 2.47. The van der Waals surface area contributed by atoms with Crippen LogP contribution < -0.4 is 5.32 Å². The van der Waals surface area contributed by atoms with Gasteiger partial charge in [-0.25, -0.2) is 9.97 Å². The molecule has 0 radical (unpaired) electrons. The molecule has 0 amide bonds. The first-order valence-electron chi connectivity index (χ1n) is 8.52. The maximum atomic E-state index is 5.41. The van der Waals surface area contributed by atoms with Gasteiger partial charge in [0.15, 0.2) is 0 Å². The zero-order chi connectivity index (χ0) is 17.5. The third-order valence-electron chi connectivity index (χ3n) is 3.76. The summed E-state index contributed by atoms with van der Waals surface area (Å²) in [6.45, 7) is 4.13. The Morgan fingerprint density at radius 3 is 2.76 bits per heavy atom. The van der Waals surface area contributed by atoms with E-state index in [1.165, 1.54) is 19.3 Å². The number of rotatable bonds is 8. The van der Waals surface area contributed by atoms with Crippen molar-refractivity contribution in [1.82, 2.24) is 15.1 Å². The standard InChI is InChI=1S/C19H22N4OS/c1-3-4-8-13-25-18-17(14(2)24-23-18)16-11-12-20-19(22-16)21-15-9-6-5-7-10-15/h5-7,9-12H,3-4,8,13H2,1-2H3,(H,20,21,22). The van der Waals surface area contributed by atoms with Gasteiger partial charge in [0, 0.05) is 11.9 Å². The van der Waals surface area contributed by atoms with Gasteiger partial charge in [0.2, 0.25) is 5.95 Å². The van der Waals surface area contributed by atoms with Crippen molar-refractivity contribution in [2.24, 2.45) is 0 Å². The number of anilines is 2. The zero-order valence-electron chi connectivity index (χ0n) is 14.5. The molecule has 2 heterocycles. The Labute approximate surface area is 152 Å². The highest BCUT2D eigenvalue weighted by Gasteiger charge is 2.17. The predicted octanol–water partition coefficient (Wildman–Crippen LogP) is 5.47. The van der Waals surface area contributed by atoms with E-state index in [0.29, 0.717) is 5.95 Å². The molecule has 5 nitrogen and oxygen atoms in total. The topological polar surface area (TPSA) is 63.8 Å². The lowest BCUT2D eigenvalue weighted by Crippen LogP contribution is -1.98. The van der Waals surface area contributed by atoms with Crippen LogP contribution >= 0.6 is 11.8 Å². The Hall–Kier alpha value is -2.34. The van der Waals surface area contributed by atoms with Gasteiger partial charge in [0.1, 0.15) is 10.8 Å². The first-order chi connectivity index (χ1) is 12.3. The van der Waals surface area contributed by atoms with Gasteiger partial charge in [-0.15, -0.1) is 11.8 Å². The third kappa shape index (κ3) is 4.60. The van der Waals surface area contributed by atoms with Gasteiger partial charge in [-0.3, -0.25) is 0 Å². The zero-order valence-corrected chi connectivity index (χ0v) is 15.3. The molecule has 2 aromatic heterocycles. The van der Waals surface area contributed by atoms with E-state index in [1.807, 2.05) is 43.3 Å². The van der Waals surface area contributed by atoms with Gasteiger partial charge in [-0.1, -0.05) is 43.1 Å². The summed E-state index contributed by atoms with van der Waals surface area (Å²) in [5.41, 5.74) is 2.74. The van der Waals surface area contributed by atoms with E-state index < -0.39 is 0 Å². The van der Waals surface area contributed by atoms with Crippen LogP contribution in [-0.2, 0) is 0 Å². The monoisotopic (exact) mass is 354 g/mol. The van der Waals surface area contributed by atoms with Crippen molar-refractivity contribution in [3.63, 3.8) is 0 Å². The molecule has 0 atom stereocenters. The number of aromatic nitrogens is 3. The van der Waals surface area contributed by atoms with Gasteiger partial charge in [0.05, 0.1) is 11.3 Å². The van der Waals surface area contributed by atoms with Crippen molar-refractivity contribution < 1.29 is 4.52 Å². The molecular weight excluding hydrogens is 332 g/mol.